The summed E-state index contributed by atoms with van der Waals surface area (Å²) in [7, 11) is 1.60. The van der Waals surface area contributed by atoms with E-state index in [1.807, 2.05) is 29.2 Å². The molecule has 1 aliphatic carbocycles. The largest absolute Gasteiger partial charge is 0.496 e. The highest BCUT2D eigenvalue weighted by atomic mass is 16.5. The van der Waals surface area contributed by atoms with E-state index < -0.39 is 0 Å². The van der Waals surface area contributed by atoms with Crippen LogP contribution in [0.4, 0.5) is 0 Å². The van der Waals surface area contributed by atoms with Crippen molar-refractivity contribution in [1.82, 2.24) is 4.90 Å². The minimum absolute atomic E-state index is 0.0295. The average molecular weight is 275 g/mol. The molecule has 0 atom stereocenters. The molecule has 1 heterocycles. The smallest absolute Gasteiger partial charge is 0.259 e. The van der Waals surface area contributed by atoms with Gasteiger partial charge in [-0.1, -0.05) is 18.6 Å². The second kappa shape index (κ2) is 5.44. The van der Waals surface area contributed by atoms with Crippen LogP contribution in [0.2, 0.25) is 0 Å². The van der Waals surface area contributed by atoms with Gasteiger partial charge in [0.15, 0.2) is 0 Å². The topological polar surface area (TPSA) is 38.8 Å². The standard InChI is InChI=1S/C16H21NO3/c1-19-14-8-4-3-7-13(14)15(18)17-11-12-20-16(17)9-5-2-6-10-16/h3-4,7-8H,2,5-6,9-12H2,1H3. The lowest BCUT2D eigenvalue weighted by atomic mass is 9.90. The number of rotatable bonds is 2. The van der Waals surface area contributed by atoms with Crippen molar-refractivity contribution >= 4 is 5.91 Å². The van der Waals surface area contributed by atoms with Gasteiger partial charge in [0.05, 0.1) is 19.3 Å². The lowest BCUT2D eigenvalue weighted by molar-refractivity contribution is -0.0919. The van der Waals surface area contributed by atoms with Crippen molar-refractivity contribution in [2.24, 2.45) is 0 Å². The van der Waals surface area contributed by atoms with Gasteiger partial charge in [0.2, 0.25) is 0 Å². The van der Waals surface area contributed by atoms with Crippen LogP contribution in [-0.4, -0.2) is 36.8 Å². The third-order valence-electron chi connectivity index (χ3n) is 4.39. The number of hydrogen-bond donors (Lipinski definition) is 0. The summed E-state index contributed by atoms with van der Waals surface area (Å²) in [4.78, 5) is 14.8. The van der Waals surface area contributed by atoms with Gasteiger partial charge in [0, 0.05) is 6.54 Å². The van der Waals surface area contributed by atoms with E-state index in [9.17, 15) is 4.79 Å². The van der Waals surface area contributed by atoms with Gasteiger partial charge in [-0.05, 0) is 37.8 Å². The Labute approximate surface area is 119 Å². The first-order chi connectivity index (χ1) is 9.77. The fourth-order valence-corrected chi connectivity index (χ4v) is 3.38. The zero-order valence-electron chi connectivity index (χ0n) is 11.9. The normalized spacial score (nSPS) is 21.1. The summed E-state index contributed by atoms with van der Waals surface area (Å²) in [6.07, 6.45) is 5.41. The Bertz CT molecular complexity index is 494. The lowest BCUT2D eigenvalue weighted by Gasteiger charge is -2.40. The molecule has 4 nitrogen and oxygen atoms in total. The van der Waals surface area contributed by atoms with E-state index in [1.165, 1.54) is 6.42 Å². The van der Waals surface area contributed by atoms with E-state index in [2.05, 4.69) is 0 Å². The molecule has 108 valence electrons. The van der Waals surface area contributed by atoms with E-state index in [-0.39, 0.29) is 11.6 Å². The summed E-state index contributed by atoms with van der Waals surface area (Å²) in [5.41, 5.74) is 0.265. The van der Waals surface area contributed by atoms with E-state index >= 15 is 0 Å². The van der Waals surface area contributed by atoms with Crippen molar-refractivity contribution < 1.29 is 14.3 Å². The Balaban J connectivity index is 1.89. The van der Waals surface area contributed by atoms with E-state index in [4.69, 9.17) is 9.47 Å². The van der Waals surface area contributed by atoms with Gasteiger partial charge in [-0.3, -0.25) is 4.79 Å². The van der Waals surface area contributed by atoms with Crippen molar-refractivity contribution in [2.45, 2.75) is 37.8 Å². The molecule has 1 spiro atoms. The van der Waals surface area contributed by atoms with Crippen LogP contribution in [0.5, 0.6) is 5.75 Å². The van der Waals surface area contributed by atoms with Gasteiger partial charge >= 0.3 is 0 Å². The molecule has 0 N–H and O–H groups in total. The molecular formula is C16H21NO3. The monoisotopic (exact) mass is 275 g/mol. The highest BCUT2D eigenvalue weighted by molar-refractivity contribution is 5.97. The zero-order chi connectivity index (χ0) is 14.0. The third kappa shape index (κ3) is 2.18. The van der Waals surface area contributed by atoms with Crippen LogP contribution in [0.15, 0.2) is 24.3 Å². The quantitative estimate of drug-likeness (QED) is 0.833. The van der Waals surface area contributed by atoms with Crippen molar-refractivity contribution in [1.29, 1.82) is 0 Å². The molecule has 4 heteroatoms. The Hall–Kier alpha value is -1.55. The molecule has 1 saturated carbocycles. The summed E-state index contributed by atoms with van der Waals surface area (Å²) in [5.74, 6) is 0.664. The molecule has 1 amide bonds. The second-order valence-electron chi connectivity index (χ2n) is 5.51. The number of para-hydroxylation sites is 1. The molecule has 1 aromatic rings. The highest BCUT2D eigenvalue weighted by Crippen LogP contribution is 2.39. The first kappa shape index (κ1) is 13.4. The van der Waals surface area contributed by atoms with Gasteiger partial charge in [0.1, 0.15) is 11.5 Å². The summed E-state index contributed by atoms with van der Waals surface area (Å²) < 4.78 is 11.3. The van der Waals surface area contributed by atoms with Crippen molar-refractivity contribution in [3.8, 4) is 5.75 Å². The fraction of sp³-hybridized carbons (Fsp3) is 0.562. The van der Waals surface area contributed by atoms with Crippen LogP contribution in [0.25, 0.3) is 0 Å². The maximum absolute atomic E-state index is 12.9. The Morgan fingerprint density at radius 2 is 2.00 bits per heavy atom. The van der Waals surface area contributed by atoms with Gasteiger partial charge in [-0.15, -0.1) is 0 Å². The van der Waals surface area contributed by atoms with Gasteiger partial charge < -0.3 is 14.4 Å². The molecule has 1 saturated heterocycles. The number of amides is 1. The SMILES string of the molecule is COc1ccccc1C(=O)N1CCOC12CCCCC2. The van der Waals surface area contributed by atoms with Gasteiger partial charge in [0.25, 0.3) is 5.91 Å². The fourth-order valence-electron chi connectivity index (χ4n) is 3.38. The van der Waals surface area contributed by atoms with Crippen LogP contribution >= 0.6 is 0 Å². The van der Waals surface area contributed by atoms with E-state index in [1.54, 1.807) is 7.11 Å². The van der Waals surface area contributed by atoms with Crippen molar-refractivity contribution in [3.63, 3.8) is 0 Å². The first-order valence-corrected chi connectivity index (χ1v) is 7.36. The van der Waals surface area contributed by atoms with Crippen LogP contribution < -0.4 is 4.74 Å². The number of nitrogens with zero attached hydrogens (tertiary/aromatic N) is 1. The minimum atomic E-state index is -0.365. The van der Waals surface area contributed by atoms with Crippen LogP contribution in [0.3, 0.4) is 0 Å². The minimum Gasteiger partial charge on any atom is -0.496 e. The summed E-state index contributed by atoms with van der Waals surface area (Å²) in [6.45, 7) is 1.32. The maximum atomic E-state index is 12.9. The molecular weight excluding hydrogens is 254 g/mol. The number of methoxy groups -OCH3 is 1. The second-order valence-corrected chi connectivity index (χ2v) is 5.51. The Morgan fingerprint density at radius 3 is 2.75 bits per heavy atom. The highest BCUT2D eigenvalue weighted by Gasteiger charge is 2.46. The number of hydrogen-bond acceptors (Lipinski definition) is 3. The van der Waals surface area contributed by atoms with Crippen molar-refractivity contribution in [2.75, 3.05) is 20.3 Å². The molecule has 20 heavy (non-hydrogen) atoms. The van der Waals surface area contributed by atoms with E-state index in [0.717, 1.165) is 25.7 Å². The third-order valence-corrected chi connectivity index (χ3v) is 4.39. The molecule has 2 fully saturated rings. The molecule has 1 aromatic carbocycles. The summed E-state index contributed by atoms with van der Waals surface area (Å²) in [5, 5.41) is 0. The van der Waals surface area contributed by atoms with E-state index in [0.29, 0.717) is 24.5 Å². The molecule has 0 aromatic heterocycles. The van der Waals surface area contributed by atoms with Gasteiger partial charge in [-0.25, -0.2) is 0 Å². The Morgan fingerprint density at radius 1 is 1.25 bits per heavy atom. The molecule has 3 rings (SSSR count). The number of carbonyl (C=O) groups is 1. The number of ether oxygens (including phenoxy) is 2. The zero-order valence-corrected chi connectivity index (χ0v) is 11.9. The Kier molecular flexibility index (Phi) is 3.66. The summed E-state index contributed by atoms with van der Waals surface area (Å²) >= 11 is 0. The van der Waals surface area contributed by atoms with Crippen LogP contribution in [0, 0.1) is 0 Å². The maximum Gasteiger partial charge on any atom is 0.259 e. The molecule has 1 aliphatic heterocycles. The lowest BCUT2D eigenvalue weighted by Crippen LogP contribution is -2.49. The van der Waals surface area contributed by atoms with Gasteiger partial charge in [-0.2, -0.15) is 0 Å². The average Bonchev–Trinajstić information content (AvgIpc) is 2.90. The number of benzene rings is 1. The molecule has 2 aliphatic rings. The van der Waals surface area contributed by atoms with Crippen LogP contribution in [0.1, 0.15) is 42.5 Å². The summed E-state index contributed by atoms with van der Waals surface area (Å²) in [6, 6.07) is 7.42. The molecule has 0 radical (unpaired) electrons. The predicted octanol–water partition coefficient (Wildman–Crippen LogP) is 2.83. The molecule has 0 bridgehead atoms. The number of carbonyl (C=O) groups excluding carboxylic acids is 1. The van der Waals surface area contributed by atoms with Crippen LogP contribution in [-0.2, 0) is 4.74 Å². The molecule has 0 unspecified atom stereocenters. The van der Waals surface area contributed by atoms with Crippen molar-refractivity contribution in [3.05, 3.63) is 29.8 Å². The predicted molar refractivity (Wildman–Crippen MR) is 75.8 cm³/mol. The first-order valence-electron chi connectivity index (χ1n) is 7.36.